The number of piperidine rings is 1. The quantitative estimate of drug-likeness (QED) is 0.331. The summed E-state index contributed by atoms with van der Waals surface area (Å²) in [4.78, 5) is 35.7. The highest BCUT2D eigenvalue weighted by Gasteiger charge is 2.22. The number of carbonyl (C=O) groups excluding carboxylic acids is 1. The second-order valence-corrected chi connectivity index (χ2v) is 9.86. The molecule has 0 aliphatic carbocycles. The van der Waals surface area contributed by atoms with E-state index in [1.54, 1.807) is 25.5 Å². The van der Waals surface area contributed by atoms with Gasteiger partial charge in [-0.2, -0.15) is 0 Å². The lowest BCUT2D eigenvalue weighted by atomic mass is 10.0. The minimum Gasteiger partial charge on any atom is -0.459 e. The molecule has 1 aliphatic heterocycles. The normalized spacial score (nSPS) is 16.1. The molecule has 4 heterocycles. The second-order valence-electron chi connectivity index (χ2n) is 9.86. The molecule has 0 unspecified atom stereocenters. The first-order chi connectivity index (χ1) is 18.5. The molecule has 198 valence electrons. The molecule has 1 amide bonds. The number of amides is 1. The molecule has 1 atom stereocenters. The Morgan fingerprint density at radius 1 is 1.18 bits per heavy atom. The van der Waals surface area contributed by atoms with Gasteiger partial charge in [-0.3, -0.25) is 15.2 Å². The van der Waals surface area contributed by atoms with Gasteiger partial charge >= 0.3 is 12.1 Å². The fourth-order valence-electron chi connectivity index (χ4n) is 4.79. The Kier molecular flexibility index (Phi) is 7.78. The van der Waals surface area contributed by atoms with Gasteiger partial charge in [0.05, 0.1) is 23.3 Å². The van der Waals surface area contributed by atoms with Crippen molar-refractivity contribution < 1.29 is 14.3 Å². The molecule has 0 saturated carbocycles. The molecule has 0 bridgehead atoms. The predicted molar refractivity (Wildman–Crippen MR) is 146 cm³/mol. The van der Waals surface area contributed by atoms with Gasteiger partial charge in [0.1, 0.15) is 6.10 Å². The van der Waals surface area contributed by atoms with E-state index < -0.39 is 6.09 Å². The maximum Gasteiger partial charge on any atom is 0.413 e. The summed E-state index contributed by atoms with van der Waals surface area (Å²) in [7, 11) is 0. The van der Waals surface area contributed by atoms with Crippen LogP contribution in [-0.4, -0.2) is 68.3 Å². The Labute approximate surface area is 221 Å². The summed E-state index contributed by atoms with van der Waals surface area (Å²) >= 11 is 0. The Bertz CT molecular complexity index is 1370. The average Bonchev–Trinajstić information content (AvgIpc) is 3.31. The van der Waals surface area contributed by atoms with E-state index in [2.05, 4.69) is 49.0 Å². The highest BCUT2D eigenvalue weighted by atomic mass is 16.5. The molecular formula is C28H33N7O3. The Balaban J connectivity index is 1.40. The summed E-state index contributed by atoms with van der Waals surface area (Å²) in [5, 5.41) is 2.64. The molecule has 2 N–H and O–H groups in total. The highest BCUT2D eigenvalue weighted by molar-refractivity contribution is 5.97. The van der Waals surface area contributed by atoms with Crippen LogP contribution >= 0.6 is 0 Å². The number of fused-ring (bicyclic) bond motifs is 1. The number of H-pyrrole nitrogens is 1. The lowest BCUT2D eigenvalue weighted by molar-refractivity contribution is 0.0748. The van der Waals surface area contributed by atoms with E-state index in [1.807, 2.05) is 30.3 Å². The number of imidazole rings is 1. The van der Waals surface area contributed by atoms with Gasteiger partial charge in [-0.1, -0.05) is 19.9 Å². The number of anilines is 1. The number of nitrogens with zero attached hydrogens (tertiary/aromatic N) is 5. The molecule has 3 aromatic heterocycles. The molecular weight excluding hydrogens is 482 g/mol. The summed E-state index contributed by atoms with van der Waals surface area (Å²) < 4.78 is 11.1. The summed E-state index contributed by atoms with van der Waals surface area (Å²) in [6, 6.07) is 10.1. The number of aromatic nitrogens is 5. The number of nitrogens with one attached hydrogen (secondary N) is 2. The highest BCUT2D eigenvalue weighted by Crippen LogP contribution is 2.33. The van der Waals surface area contributed by atoms with Crippen molar-refractivity contribution in [2.24, 2.45) is 5.92 Å². The number of hydrogen-bond acceptors (Lipinski definition) is 8. The fraction of sp³-hybridized carbons (Fsp3) is 0.393. The van der Waals surface area contributed by atoms with E-state index in [9.17, 15) is 4.79 Å². The number of hydrogen-bond donors (Lipinski definition) is 2. The maximum atomic E-state index is 11.9. The van der Waals surface area contributed by atoms with Crippen LogP contribution in [-0.2, 0) is 4.74 Å². The van der Waals surface area contributed by atoms with Crippen LogP contribution in [0.4, 0.5) is 10.7 Å². The number of benzene rings is 1. The molecule has 4 aromatic rings. The van der Waals surface area contributed by atoms with Crippen molar-refractivity contribution in [3.05, 3.63) is 48.9 Å². The molecule has 0 spiro atoms. The van der Waals surface area contributed by atoms with Crippen molar-refractivity contribution in [3.8, 4) is 28.4 Å². The van der Waals surface area contributed by atoms with Crippen LogP contribution in [0, 0.1) is 5.92 Å². The SMILES string of the molecule is CCOC(=O)Nc1nc2c(-c3ccccn3)cc(-c3cnc(O[C@@H]4CCCN(CC(C)C)C4)nc3)cc2[nH]1. The van der Waals surface area contributed by atoms with Gasteiger partial charge in [0.15, 0.2) is 0 Å². The molecule has 10 heteroatoms. The molecule has 1 aliphatic rings. The summed E-state index contributed by atoms with van der Waals surface area (Å²) in [6.07, 6.45) is 6.93. The number of pyridine rings is 1. The monoisotopic (exact) mass is 515 g/mol. The summed E-state index contributed by atoms with van der Waals surface area (Å²) in [5.74, 6) is 0.927. The fourth-order valence-corrected chi connectivity index (χ4v) is 4.79. The molecule has 38 heavy (non-hydrogen) atoms. The molecule has 10 nitrogen and oxygen atoms in total. The van der Waals surface area contributed by atoms with Gasteiger partial charge in [-0.15, -0.1) is 0 Å². The zero-order chi connectivity index (χ0) is 26.5. The molecule has 1 saturated heterocycles. The van der Waals surface area contributed by atoms with Crippen molar-refractivity contribution >= 4 is 23.1 Å². The number of likely N-dealkylation sites (tertiary alicyclic amines) is 1. The summed E-state index contributed by atoms with van der Waals surface area (Å²) in [5.41, 5.74) is 4.72. The average molecular weight is 516 g/mol. The van der Waals surface area contributed by atoms with Crippen molar-refractivity contribution in [1.29, 1.82) is 0 Å². The first-order valence-corrected chi connectivity index (χ1v) is 13.1. The van der Waals surface area contributed by atoms with E-state index in [0.29, 0.717) is 23.4 Å². The zero-order valence-corrected chi connectivity index (χ0v) is 22.0. The third-order valence-corrected chi connectivity index (χ3v) is 6.34. The third kappa shape index (κ3) is 6.08. The van der Waals surface area contributed by atoms with E-state index in [1.165, 1.54) is 0 Å². The van der Waals surface area contributed by atoms with Gasteiger partial charge in [-0.25, -0.2) is 19.7 Å². The van der Waals surface area contributed by atoms with Crippen LogP contribution in [0.15, 0.2) is 48.9 Å². The van der Waals surface area contributed by atoms with Crippen LogP contribution < -0.4 is 10.1 Å². The van der Waals surface area contributed by atoms with Crippen LogP contribution in [0.3, 0.4) is 0 Å². The van der Waals surface area contributed by atoms with E-state index in [0.717, 1.165) is 60.4 Å². The number of carbonyl (C=O) groups is 1. The smallest absolute Gasteiger partial charge is 0.413 e. The van der Waals surface area contributed by atoms with Gasteiger partial charge in [-0.05, 0) is 62.1 Å². The second kappa shape index (κ2) is 11.6. The maximum absolute atomic E-state index is 11.9. The van der Waals surface area contributed by atoms with Crippen LogP contribution in [0.2, 0.25) is 0 Å². The van der Waals surface area contributed by atoms with Crippen molar-refractivity contribution in [2.75, 3.05) is 31.6 Å². The van der Waals surface area contributed by atoms with Crippen LogP contribution in [0.5, 0.6) is 6.01 Å². The van der Waals surface area contributed by atoms with E-state index in [4.69, 9.17) is 9.47 Å². The standard InChI is InChI=1S/C28H33N7O3/c1-4-37-28(36)34-26-32-24-13-19(12-22(25(24)33-26)23-9-5-6-10-29-23)20-14-30-27(31-15-20)38-21-8-7-11-35(17-21)16-18(2)3/h5-6,9-10,12-15,18,21H,4,7-8,11,16-17H2,1-3H3,(H2,32,33,34,36)/t21-/m1/s1. The van der Waals surface area contributed by atoms with Gasteiger partial charge in [0.25, 0.3) is 0 Å². The Hall–Kier alpha value is -4.05. The van der Waals surface area contributed by atoms with Gasteiger partial charge in [0.2, 0.25) is 5.95 Å². The lowest BCUT2D eigenvalue weighted by Crippen LogP contribution is -2.42. The summed E-state index contributed by atoms with van der Waals surface area (Å²) in [6.45, 7) is 9.59. The van der Waals surface area contributed by atoms with Gasteiger partial charge in [0, 0.05) is 42.8 Å². The third-order valence-electron chi connectivity index (χ3n) is 6.34. The van der Waals surface area contributed by atoms with Crippen LogP contribution in [0.25, 0.3) is 33.4 Å². The predicted octanol–water partition coefficient (Wildman–Crippen LogP) is 5.15. The number of aromatic amines is 1. The topological polar surface area (TPSA) is 118 Å². The zero-order valence-electron chi connectivity index (χ0n) is 22.0. The Morgan fingerprint density at radius 2 is 2.03 bits per heavy atom. The number of rotatable bonds is 8. The van der Waals surface area contributed by atoms with Crippen molar-refractivity contribution in [1.82, 2.24) is 29.8 Å². The Morgan fingerprint density at radius 3 is 2.76 bits per heavy atom. The largest absolute Gasteiger partial charge is 0.459 e. The first kappa shape index (κ1) is 25.6. The molecule has 0 radical (unpaired) electrons. The van der Waals surface area contributed by atoms with Crippen molar-refractivity contribution in [2.45, 2.75) is 39.7 Å². The van der Waals surface area contributed by atoms with E-state index >= 15 is 0 Å². The lowest BCUT2D eigenvalue weighted by Gasteiger charge is -2.33. The minimum absolute atomic E-state index is 0.0933. The molecule has 1 fully saturated rings. The molecule has 5 rings (SSSR count). The first-order valence-electron chi connectivity index (χ1n) is 13.1. The van der Waals surface area contributed by atoms with Crippen LogP contribution in [0.1, 0.15) is 33.6 Å². The number of ether oxygens (including phenoxy) is 2. The molecule has 1 aromatic carbocycles. The van der Waals surface area contributed by atoms with E-state index in [-0.39, 0.29) is 12.7 Å². The van der Waals surface area contributed by atoms with Crippen molar-refractivity contribution in [3.63, 3.8) is 0 Å². The van der Waals surface area contributed by atoms with Gasteiger partial charge < -0.3 is 14.5 Å². The minimum atomic E-state index is -0.569.